The Morgan fingerprint density at radius 1 is 0.857 bits per heavy atom. The Labute approximate surface area is 198 Å². The molecule has 0 radical (unpaired) electrons. The largest absolute Gasteiger partial charge is 0.416 e. The molecule has 7 nitrogen and oxygen atoms in total. The van der Waals surface area contributed by atoms with E-state index in [0.717, 1.165) is 23.4 Å². The lowest BCUT2D eigenvalue weighted by molar-refractivity contribution is -0.137. The molecule has 35 heavy (non-hydrogen) atoms. The van der Waals surface area contributed by atoms with Gasteiger partial charge in [-0.05, 0) is 41.5 Å². The maximum Gasteiger partial charge on any atom is 0.416 e. The Hall–Kier alpha value is -4.47. The van der Waals surface area contributed by atoms with Crippen LogP contribution < -0.4 is 10.6 Å². The number of fused-ring (bicyclic) bond motifs is 1. The molecular formula is C25H20F3N7. The molecule has 0 amide bonds. The maximum absolute atomic E-state index is 12.9. The highest BCUT2D eigenvalue weighted by Crippen LogP contribution is 2.30. The summed E-state index contributed by atoms with van der Waals surface area (Å²) in [5.74, 6) is 0.898. The topological polar surface area (TPSA) is 80.5 Å². The normalized spacial score (nSPS) is 11.5. The molecule has 0 saturated heterocycles. The van der Waals surface area contributed by atoms with Crippen LogP contribution in [0.5, 0.6) is 0 Å². The molecule has 10 heteroatoms. The number of alkyl halides is 3. The summed E-state index contributed by atoms with van der Waals surface area (Å²) in [6.45, 7) is 0.773. The van der Waals surface area contributed by atoms with E-state index in [-0.39, 0.29) is 0 Å². The molecule has 3 aromatic heterocycles. The van der Waals surface area contributed by atoms with Gasteiger partial charge in [-0.2, -0.15) is 23.1 Å². The van der Waals surface area contributed by atoms with E-state index in [1.165, 1.54) is 12.1 Å². The Bertz CT molecular complexity index is 1420. The molecule has 0 fully saturated rings. The fourth-order valence-corrected chi connectivity index (χ4v) is 3.56. The second kappa shape index (κ2) is 9.41. The SMILES string of the molecule is FC(F)(F)c1ccc(Cn2cnc3c(Nc4ccccc4)nc(NCc4cccnc4)nc32)cc1. The zero-order valence-corrected chi connectivity index (χ0v) is 18.4. The van der Waals surface area contributed by atoms with Gasteiger partial charge in [-0.15, -0.1) is 0 Å². The van der Waals surface area contributed by atoms with Crippen molar-refractivity contribution in [3.63, 3.8) is 0 Å². The second-order valence-corrected chi connectivity index (χ2v) is 7.84. The maximum atomic E-state index is 12.9. The van der Waals surface area contributed by atoms with Gasteiger partial charge in [0.05, 0.1) is 18.4 Å². The van der Waals surface area contributed by atoms with E-state index in [4.69, 9.17) is 0 Å². The van der Waals surface area contributed by atoms with Crippen LogP contribution >= 0.6 is 0 Å². The van der Waals surface area contributed by atoms with E-state index in [9.17, 15) is 13.2 Å². The van der Waals surface area contributed by atoms with Crippen LogP contribution in [-0.2, 0) is 19.3 Å². The van der Waals surface area contributed by atoms with Crippen molar-refractivity contribution in [1.29, 1.82) is 0 Å². The number of anilines is 3. The molecule has 0 spiro atoms. The van der Waals surface area contributed by atoms with Crippen LogP contribution in [0.1, 0.15) is 16.7 Å². The number of hydrogen-bond donors (Lipinski definition) is 2. The number of aromatic nitrogens is 5. The van der Waals surface area contributed by atoms with Crippen LogP contribution in [0.25, 0.3) is 11.2 Å². The number of para-hydroxylation sites is 1. The van der Waals surface area contributed by atoms with Gasteiger partial charge in [0, 0.05) is 24.6 Å². The predicted molar refractivity (Wildman–Crippen MR) is 127 cm³/mol. The summed E-state index contributed by atoms with van der Waals surface area (Å²) < 4.78 is 40.5. The van der Waals surface area contributed by atoms with Crippen molar-refractivity contribution in [1.82, 2.24) is 24.5 Å². The highest BCUT2D eigenvalue weighted by molar-refractivity contribution is 5.86. The third kappa shape index (κ3) is 5.21. The number of nitrogens with one attached hydrogen (secondary N) is 2. The number of imidazole rings is 1. The average Bonchev–Trinajstić information content (AvgIpc) is 3.27. The lowest BCUT2D eigenvalue weighted by atomic mass is 10.1. The number of hydrogen-bond acceptors (Lipinski definition) is 6. The van der Waals surface area contributed by atoms with Crippen molar-refractivity contribution in [3.8, 4) is 0 Å². The zero-order chi connectivity index (χ0) is 24.3. The summed E-state index contributed by atoms with van der Waals surface area (Å²) in [6, 6.07) is 18.4. The van der Waals surface area contributed by atoms with Crippen molar-refractivity contribution in [2.75, 3.05) is 10.6 Å². The highest BCUT2D eigenvalue weighted by Gasteiger charge is 2.30. The van der Waals surface area contributed by atoms with E-state index in [0.29, 0.717) is 41.6 Å². The first-order valence-electron chi connectivity index (χ1n) is 10.8. The Morgan fingerprint density at radius 3 is 2.37 bits per heavy atom. The average molecular weight is 475 g/mol. The minimum absolute atomic E-state index is 0.304. The molecular weight excluding hydrogens is 455 g/mol. The van der Waals surface area contributed by atoms with Crippen LogP contribution in [0.2, 0.25) is 0 Å². The van der Waals surface area contributed by atoms with Gasteiger partial charge in [0.1, 0.15) is 0 Å². The summed E-state index contributed by atoms with van der Waals surface area (Å²) in [6.07, 6.45) is 0.690. The van der Waals surface area contributed by atoms with Gasteiger partial charge in [-0.1, -0.05) is 36.4 Å². The molecule has 3 heterocycles. The molecule has 0 aliphatic rings. The summed E-state index contributed by atoms with van der Waals surface area (Å²) in [5, 5.41) is 6.50. The molecule has 2 aromatic carbocycles. The summed E-state index contributed by atoms with van der Waals surface area (Å²) >= 11 is 0. The van der Waals surface area contributed by atoms with Crippen molar-refractivity contribution in [3.05, 3.63) is 102 Å². The van der Waals surface area contributed by atoms with Crippen LogP contribution in [0.15, 0.2) is 85.5 Å². The van der Waals surface area contributed by atoms with Crippen molar-refractivity contribution < 1.29 is 13.2 Å². The number of halogens is 3. The predicted octanol–water partition coefficient (Wildman–Crippen LogP) is 5.64. The van der Waals surface area contributed by atoms with Crippen LogP contribution in [-0.4, -0.2) is 24.5 Å². The van der Waals surface area contributed by atoms with Gasteiger partial charge in [-0.3, -0.25) is 4.98 Å². The highest BCUT2D eigenvalue weighted by atomic mass is 19.4. The minimum atomic E-state index is -4.37. The number of benzene rings is 2. The smallest absolute Gasteiger partial charge is 0.350 e. The third-order valence-electron chi connectivity index (χ3n) is 5.31. The lowest BCUT2D eigenvalue weighted by Gasteiger charge is -2.11. The quantitative estimate of drug-likeness (QED) is 0.317. The van der Waals surface area contributed by atoms with E-state index in [2.05, 4.69) is 30.6 Å². The number of nitrogens with zero attached hydrogens (tertiary/aromatic N) is 5. The third-order valence-corrected chi connectivity index (χ3v) is 5.31. The first-order chi connectivity index (χ1) is 17.0. The van der Waals surface area contributed by atoms with Gasteiger partial charge in [0.15, 0.2) is 17.0 Å². The number of rotatable bonds is 7. The molecule has 0 saturated carbocycles. The standard InChI is InChI=1S/C25H20F3N7/c26-25(27,28)19-10-8-17(9-11-19)15-35-16-31-21-22(32-20-6-2-1-3-7-20)33-24(34-23(21)35)30-14-18-5-4-12-29-13-18/h1-13,16H,14-15H2,(H2,30,32,33,34). The van der Waals surface area contributed by atoms with Gasteiger partial charge in [-0.25, -0.2) is 4.98 Å². The Morgan fingerprint density at radius 2 is 1.66 bits per heavy atom. The van der Waals surface area contributed by atoms with Gasteiger partial charge in [0.2, 0.25) is 5.95 Å². The Balaban J connectivity index is 1.48. The Kier molecular flexibility index (Phi) is 6.01. The fraction of sp³-hybridized carbons (Fsp3) is 0.120. The van der Waals surface area contributed by atoms with Crippen LogP contribution in [0, 0.1) is 0 Å². The van der Waals surface area contributed by atoms with Gasteiger partial charge >= 0.3 is 6.18 Å². The van der Waals surface area contributed by atoms with E-state index < -0.39 is 11.7 Å². The molecule has 0 unspecified atom stereocenters. The number of pyridine rings is 1. The van der Waals surface area contributed by atoms with Gasteiger partial charge in [0.25, 0.3) is 0 Å². The second-order valence-electron chi connectivity index (χ2n) is 7.84. The monoisotopic (exact) mass is 475 g/mol. The summed E-state index contributed by atoms with van der Waals surface area (Å²) in [5.41, 5.74) is 2.91. The lowest BCUT2D eigenvalue weighted by Crippen LogP contribution is -2.08. The molecule has 5 aromatic rings. The zero-order valence-electron chi connectivity index (χ0n) is 18.4. The first kappa shape index (κ1) is 22.3. The van der Waals surface area contributed by atoms with Gasteiger partial charge < -0.3 is 15.2 Å². The molecule has 0 atom stereocenters. The minimum Gasteiger partial charge on any atom is -0.350 e. The van der Waals surface area contributed by atoms with Crippen molar-refractivity contribution in [2.45, 2.75) is 19.3 Å². The van der Waals surface area contributed by atoms with E-state index in [1.54, 1.807) is 23.3 Å². The summed E-state index contributed by atoms with van der Waals surface area (Å²) in [4.78, 5) is 17.9. The van der Waals surface area contributed by atoms with Crippen LogP contribution in [0.3, 0.4) is 0 Å². The molecule has 0 aliphatic heterocycles. The van der Waals surface area contributed by atoms with Crippen molar-refractivity contribution >= 4 is 28.6 Å². The van der Waals surface area contributed by atoms with E-state index >= 15 is 0 Å². The van der Waals surface area contributed by atoms with Crippen LogP contribution in [0.4, 0.5) is 30.6 Å². The molecule has 176 valence electrons. The summed E-state index contributed by atoms with van der Waals surface area (Å²) in [7, 11) is 0. The molecule has 0 bridgehead atoms. The molecule has 5 rings (SSSR count). The molecule has 2 N–H and O–H groups in total. The first-order valence-corrected chi connectivity index (χ1v) is 10.8. The van der Waals surface area contributed by atoms with E-state index in [1.807, 2.05) is 42.5 Å². The fourth-order valence-electron chi connectivity index (χ4n) is 3.56. The molecule has 0 aliphatic carbocycles. The van der Waals surface area contributed by atoms with Crippen molar-refractivity contribution in [2.24, 2.45) is 0 Å².